The van der Waals surface area contributed by atoms with Gasteiger partial charge in [-0.25, -0.2) is 0 Å². The van der Waals surface area contributed by atoms with E-state index in [1.807, 2.05) is 12.1 Å². The standard InChI is InChI=1S/C13H17NOS/c1-11(4-5-13-3-2-7-15-13)14-9-12-6-8-16-10-12/h2-3,6-8,10-11,14H,4-5,9H2,1H3. The van der Waals surface area contributed by atoms with E-state index in [-0.39, 0.29) is 0 Å². The lowest BCUT2D eigenvalue weighted by atomic mass is 10.1. The van der Waals surface area contributed by atoms with Crippen LogP contribution in [0.2, 0.25) is 0 Å². The Labute approximate surface area is 100 Å². The number of rotatable bonds is 6. The summed E-state index contributed by atoms with van der Waals surface area (Å²) in [4.78, 5) is 0. The highest BCUT2D eigenvalue weighted by Crippen LogP contribution is 2.08. The van der Waals surface area contributed by atoms with Crippen molar-refractivity contribution in [3.63, 3.8) is 0 Å². The molecule has 1 unspecified atom stereocenters. The van der Waals surface area contributed by atoms with Crippen LogP contribution in [0.4, 0.5) is 0 Å². The summed E-state index contributed by atoms with van der Waals surface area (Å²) >= 11 is 1.75. The van der Waals surface area contributed by atoms with Crippen molar-refractivity contribution in [3.05, 3.63) is 46.5 Å². The summed E-state index contributed by atoms with van der Waals surface area (Å²) < 4.78 is 5.31. The van der Waals surface area contributed by atoms with E-state index in [0.717, 1.165) is 25.1 Å². The maximum absolute atomic E-state index is 5.31. The van der Waals surface area contributed by atoms with Crippen LogP contribution in [0.3, 0.4) is 0 Å². The van der Waals surface area contributed by atoms with Crippen molar-refractivity contribution in [2.24, 2.45) is 0 Å². The fraction of sp³-hybridized carbons (Fsp3) is 0.385. The number of nitrogens with one attached hydrogen (secondary N) is 1. The average molecular weight is 235 g/mol. The molecule has 1 atom stereocenters. The quantitative estimate of drug-likeness (QED) is 0.829. The molecule has 2 aromatic heterocycles. The molecule has 0 aliphatic heterocycles. The van der Waals surface area contributed by atoms with Gasteiger partial charge in [-0.2, -0.15) is 11.3 Å². The molecule has 0 saturated carbocycles. The first-order valence-electron chi connectivity index (χ1n) is 5.61. The van der Waals surface area contributed by atoms with Gasteiger partial charge >= 0.3 is 0 Å². The van der Waals surface area contributed by atoms with Crippen LogP contribution in [0.1, 0.15) is 24.7 Å². The molecule has 0 aliphatic rings. The summed E-state index contributed by atoms with van der Waals surface area (Å²) in [6, 6.07) is 6.66. The van der Waals surface area contributed by atoms with Crippen LogP contribution >= 0.6 is 11.3 Å². The number of hydrogen-bond acceptors (Lipinski definition) is 3. The van der Waals surface area contributed by atoms with E-state index in [4.69, 9.17) is 4.42 Å². The zero-order valence-electron chi connectivity index (χ0n) is 9.48. The van der Waals surface area contributed by atoms with Crippen LogP contribution in [-0.4, -0.2) is 6.04 Å². The van der Waals surface area contributed by atoms with Crippen LogP contribution < -0.4 is 5.32 Å². The molecule has 0 aliphatic carbocycles. The predicted molar refractivity (Wildman–Crippen MR) is 67.6 cm³/mol. The van der Waals surface area contributed by atoms with Crippen LogP contribution in [-0.2, 0) is 13.0 Å². The highest BCUT2D eigenvalue weighted by molar-refractivity contribution is 7.07. The minimum absolute atomic E-state index is 0.519. The third kappa shape index (κ3) is 3.51. The first-order valence-corrected chi connectivity index (χ1v) is 6.55. The maximum Gasteiger partial charge on any atom is 0.103 e. The van der Waals surface area contributed by atoms with Crippen molar-refractivity contribution in [2.75, 3.05) is 0 Å². The van der Waals surface area contributed by atoms with Gasteiger partial charge in [0.05, 0.1) is 6.26 Å². The maximum atomic E-state index is 5.31. The van der Waals surface area contributed by atoms with Crippen molar-refractivity contribution in [2.45, 2.75) is 32.4 Å². The third-order valence-electron chi connectivity index (χ3n) is 2.64. The van der Waals surface area contributed by atoms with Crippen molar-refractivity contribution in [1.82, 2.24) is 5.32 Å². The minimum Gasteiger partial charge on any atom is -0.469 e. The second-order valence-electron chi connectivity index (χ2n) is 4.03. The van der Waals surface area contributed by atoms with Gasteiger partial charge in [0.2, 0.25) is 0 Å². The monoisotopic (exact) mass is 235 g/mol. The SMILES string of the molecule is CC(CCc1ccco1)NCc1ccsc1. The fourth-order valence-corrected chi connectivity index (χ4v) is 2.27. The molecule has 2 aromatic rings. The number of hydrogen-bond donors (Lipinski definition) is 1. The Morgan fingerprint density at radius 2 is 2.38 bits per heavy atom. The van der Waals surface area contributed by atoms with E-state index in [0.29, 0.717) is 6.04 Å². The first kappa shape index (κ1) is 11.4. The summed E-state index contributed by atoms with van der Waals surface area (Å²) in [5, 5.41) is 7.81. The van der Waals surface area contributed by atoms with Gasteiger partial charge in [-0.3, -0.25) is 0 Å². The molecule has 3 heteroatoms. The molecule has 0 amide bonds. The van der Waals surface area contributed by atoms with Gasteiger partial charge in [0.15, 0.2) is 0 Å². The highest BCUT2D eigenvalue weighted by Gasteiger charge is 2.03. The lowest BCUT2D eigenvalue weighted by molar-refractivity contribution is 0.460. The Morgan fingerprint density at radius 1 is 1.44 bits per heavy atom. The van der Waals surface area contributed by atoms with Crippen LogP contribution in [0, 0.1) is 0 Å². The number of aryl methyl sites for hydroxylation is 1. The fourth-order valence-electron chi connectivity index (χ4n) is 1.60. The Bertz CT molecular complexity index is 342. The van der Waals surface area contributed by atoms with Gasteiger partial charge < -0.3 is 9.73 Å². The van der Waals surface area contributed by atoms with Crippen LogP contribution in [0.5, 0.6) is 0 Å². The Balaban J connectivity index is 1.66. The molecule has 0 bridgehead atoms. The molecule has 0 spiro atoms. The van der Waals surface area contributed by atoms with Crippen molar-refractivity contribution < 1.29 is 4.42 Å². The molecule has 2 heterocycles. The lowest BCUT2D eigenvalue weighted by Gasteiger charge is -2.12. The average Bonchev–Trinajstić information content (AvgIpc) is 2.96. The normalized spacial score (nSPS) is 12.8. The lowest BCUT2D eigenvalue weighted by Crippen LogP contribution is -2.25. The minimum atomic E-state index is 0.519. The third-order valence-corrected chi connectivity index (χ3v) is 3.37. The molecule has 86 valence electrons. The second-order valence-corrected chi connectivity index (χ2v) is 4.81. The van der Waals surface area contributed by atoms with E-state index in [1.165, 1.54) is 5.56 Å². The molecule has 0 saturated heterocycles. The summed E-state index contributed by atoms with van der Waals surface area (Å²) in [5.74, 6) is 1.07. The van der Waals surface area contributed by atoms with E-state index in [9.17, 15) is 0 Å². The van der Waals surface area contributed by atoms with E-state index in [1.54, 1.807) is 17.6 Å². The molecule has 0 fully saturated rings. The van der Waals surface area contributed by atoms with E-state index in [2.05, 4.69) is 29.1 Å². The van der Waals surface area contributed by atoms with E-state index >= 15 is 0 Å². The molecule has 0 aromatic carbocycles. The number of thiophene rings is 1. The van der Waals surface area contributed by atoms with Gasteiger partial charge in [-0.05, 0) is 47.9 Å². The summed E-state index contributed by atoms with van der Waals surface area (Å²) in [7, 11) is 0. The van der Waals surface area contributed by atoms with Gasteiger partial charge in [-0.15, -0.1) is 0 Å². The Morgan fingerprint density at radius 3 is 3.06 bits per heavy atom. The zero-order valence-corrected chi connectivity index (χ0v) is 10.3. The Hall–Kier alpha value is -1.06. The molecular formula is C13H17NOS. The molecular weight excluding hydrogens is 218 g/mol. The predicted octanol–water partition coefficient (Wildman–Crippen LogP) is 3.45. The molecule has 16 heavy (non-hydrogen) atoms. The molecule has 2 rings (SSSR count). The van der Waals surface area contributed by atoms with Gasteiger partial charge in [0.25, 0.3) is 0 Å². The summed E-state index contributed by atoms with van der Waals surface area (Å²) in [5.41, 5.74) is 1.37. The second kappa shape index (κ2) is 5.87. The summed E-state index contributed by atoms with van der Waals surface area (Å²) in [6.45, 7) is 3.18. The van der Waals surface area contributed by atoms with Crippen LogP contribution in [0.25, 0.3) is 0 Å². The highest BCUT2D eigenvalue weighted by atomic mass is 32.1. The van der Waals surface area contributed by atoms with Gasteiger partial charge in [0.1, 0.15) is 5.76 Å². The van der Waals surface area contributed by atoms with Crippen molar-refractivity contribution in [3.8, 4) is 0 Å². The topological polar surface area (TPSA) is 25.2 Å². The summed E-state index contributed by atoms with van der Waals surface area (Å²) in [6.07, 6.45) is 3.85. The van der Waals surface area contributed by atoms with Crippen molar-refractivity contribution in [1.29, 1.82) is 0 Å². The zero-order chi connectivity index (χ0) is 11.2. The van der Waals surface area contributed by atoms with E-state index < -0.39 is 0 Å². The van der Waals surface area contributed by atoms with Crippen molar-refractivity contribution >= 4 is 11.3 Å². The largest absolute Gasteiger partial charge is 0.469 e. The van der Waals surface area contributed by atoms with Crippen LogP contribution in [0.15, 0.2) is 39.6 Å². The number of furan rings is 1. The smallest absolute Gasteiger partial charge is 0.103 e. The Kier molecular flexibility index (Phi) is 4.19. The first-order chi connectivity index (χ1) is 7.84. The molecule has 0 radical (unpaired) electrons. The molecule has 2 nitrogen and oxygen atoms in total. The van der Waals surface area contributed by atoms with Gasteiger partial charge in [0, 0.05) is 19.0 Å². The van der Waals surface area contributed by atoms with Gasteiger partial charge in [-0.1, -0.05) is 0 Å². The molecule has 1 N–H and O–H groups in total.